The molecule has 4 heteroatoms. The van der Waals surface area contributed by atoms with E-state index in [9.17, 15) is 9.18 Å². The molecule has 0 radical (unpaired) electrons. The second-order valence-electron chi connectivity index (χ2n) is 5.08. The molecule has 1 amide bonds. The van der Waals surface area contributed by atoms with Crippen LogP contribution < -0.4 is 5.32 Å². The molecule has 0 bridgehead atoms. The Balaban J connectivity index is 1.84. The van der Waals surface area contributed by atoms with Crippen molar-refractivity contribution >= 4 is 5.91 Å². The van der Waals surface area contributed by atoms with Gasteiger partial charge in [0.05, 0.1) is 0 Å². The van der Waals surface area contributed by atoms with E-state index in [2.05, 4.69) is 5.32 Å². The first-order valence-electron chi connectivity index (χ1n) is 6.55. The second kappa shape index (κ2) is 4.69. The van der Waals surface area contributed by atoms with Gasteiger partial charge in [0.2, 0.25) is 5.91 Å². The van der Waals surface area contributed by atoms with Gasteiger partial charge in [-0.3, -0.25) is 4.79 Å². The number of amides is 1. The molecule has 96 valence electrons. The Kier molecular flexibility index (Phi) is 3.04. The van der Waals surface area contributed by atoms with Crippen molar-refractivity contribution in [1.29, 1.82) is 0 Å². The number of piperidine rings is 1. The quantitative estimate of drug-likeness (QED) is 0.822. The largest absolute Gasteiger partial charge is 0.337 e. The number of halogens is 1. The third kappa shape index (κ3) is 2.01. The van der Waals surface area contributed by atoms with Gasteiger partial charge in [-0.1, -0.05) is 12.1 Å². The SMILES string of the molecule is O=C1C(c2cccc(F)c2)NCC2CCCCN12. The molecule has 1 N–H and O–H groups in total. The third-order valence-electron chi connectivity index (χ3n) is 3.90. The maximum atomic E-state index is 13.2. The van der Waals surface area contributed by atoms with Gasteiger partial charge in [0.25, 0.3) is 0 Å². The van der Waals surface area contributed by atoms with Crippen LogP contribution >= 0.6 is 0 Å². The van der Waals surface area contributed by atoms with E-state index < -0.39 is 0 Å². The highest BCUT2D eigenvalue weighted by molar-refractivity contribution is 5.84. The van der Waals surface area contributed by atoms with E-state index in [-0.39, 0.29) is 17.8 Å². The number of piperazine rings is 1. The Morgan fingerprint density at radius 1 is 1.33 bits per heavy atom. The number of hydrogen-bond donors (Lipinski definition) is 1. The van der Waals surface area contributed by atoms with Crippen LogP contribution in [0.4, 0.5) is 4.39 Å². The minimum Gasteiger partial charge on any atom is -0.337 e. The van der Waals surface area contributed by atoms with Gasteiger partial charge in [0.15, 0.2) is 0 Å². The summed E-state index contributed by atoms with van der Waals surface area (Å²) in [6.07, 6.45) is 3.35. The highest BCUT2D eigenvalue weighted by Gasteiger charge is 2.36. The maximum Gasteiger partial charge on any atom is 0.244 e. The van der Waals surface area contributed by atoms with Gasteiger partial charge >= 0.3 is 0 Å². The lowest BCUT2D eigenvalue weighted by atomic mass is 9.95. The van der Waals surface area contributed by atoms with Crippen molar-refractivity contribution in [2.24, 2.45) is 0 Å². The Morgan fingerprint density at radius 3 is 3.06 bits per heavy atom. The first-order valence-corrected chi connectivity index (χ1v) is 6.55. The van der Waals surface area contributed by atoms with E-state index >= 15 is 0 Å². The van der Waals surface area contributed by atoms with E-state index in [1.54, 1.807) is 6.07 Å². The molecule has 1 aromatic carbocycles. The highest BCUT2D eigenvalue weighted by Crippen LogP contribution is 2.27. The standard InChI is InChI=1S/C14H17FN2O/c15-11-5-3-4-10(8-11)13-14(18)17-7-2-1-6-12(17)9-16-13/h3-5,8,12-13,16H,1-2,6-7,9H2. The molecule has 0 aliphatic carbocycles. The average Bonchev–Trinajstić information content (AvgIpc) is 2.39. The van der Waals surface area contributed by atoms with Crippen LogP contribution in [0.2, 0.25) is 0 Å². The lowest BCUT2D eigenvalue weighted by molar-refractivity contribution is -0.140. The summed E-state index contributed by atoms with van der Waals surface area (Å²) in [7, 11) is 0. The van der Waals surface area contributed by atoms with Crippen molar-refractivity contribution in [2.45, 2.75) is 31.3 Å². The molecular weight excluding hydrogens is 231 g/mol. The molecule has 1 aromatic rings. The molecule has 3 nitrogen and oxygen atoms in total. The van der Waals surface area contributed by atoms with Crippen LogP contribution in [0.5, 0.6) is 0 Å². The summed E-state index contributed by atoms with van der Waals surface area (Å²) >= 11 is 0. The molecule has 18 heavy (non-hydrogen) atoms. The number of fused-ring (bicyclic) bond motifs is 1. The first-order chi connectivity index (χ1) is 8.75. The van der Waals surface area contributed by atoms with E-state index in [1.807, 2.05) is 11.0 Å². The third-order valence-corrected chi connectivity index (χ3v) is 3.90. The van der Waals surface area contributed by atoms with Gasteiger partial charge < -0.3 is 10.2 Å². The molecule has 2 saturated heterocycles. The lowest BCUT2D eigenvalue weighted by Gasteiger charge is -2.42. The predicted octanol–water partition coefficient (Wildman–Crippen LogP) is 1.85. The smallest absolute Gasteiger partial charge is 0.244 e. The summed E-state index contributed by atoms with van der Waals surface area (Å²) in [5.74, 6) is -0.195. The van der Waals surface area contributed by atoms with Crippen molar-refractivity contribution in [3.05, 3.63) is 35.6 Å². The fraction of sp³-hybridized carbons (Fsp3) is 0.500. The summed E-state index contributed by atoms with van der Waals surface area (Å²) in [6, 6.07) is 6.26. The number of carbonyl (C=O) groups is 1. The van der Waals surface area contributed by atoms with Crippen molar-refractivity contribution in [2.75, 3.05) is 13.1 Å². The number of nitrogens with zero attached hydrogens (tertiary/aromatic N) is 1. The van der Waals surface area contributed by atoms with Crippen molar-refractivity contribution in [1.82, 2.24) is 10.2 Å². The second-order valence-corrected chi connectivity index (χ2v) is 5.08. The van der Waals surface area contributed by atoms with Crippen LogP contribution in [0, 0.1) is 5.82 Å². The molecule has 2 unspecified atom stereocenters. The average molecular weight is 248 g/mol. The zero-order valence-electron chi connectivity index (χ0n) is 10.2. The molecule has 2 fully saturated rings. The van der Waals surface area contributed by atoms with Gasteiger partial charge in [-0.2, -0.15) is 0 Å². The summed E-state index contributed by atoms with van der Waals surface area (Å²) in [5.41, 5.74) is 0.726. The van der Waals surface area contributed by atoms with Crippen LogP contribution in [0.3, 0.4) is 0 Å². The number of benzene rings is 1. The van der Waals surface area contributed by atoms with Crippen LogP contribution in [-0.2, 0) is 4.79 Å². The minimum atomic E-state index is -0.380. The number of carbonyl (C=O) groups excluding carboxylic acids is 1. The molecule has 2 heterocycles. The molecule has 2 aliphatic rings. The Morgan fingerprint density at radius 2 is 2.22 bits per heavy atom. The normalized spacial score (nSPS) is 28.1. The zero-order valence-corrected chi connectivity index (χ0v) is 10.2. The fourth-order valence-corrected chi connectivity index (χ4v) is 2.96. The topological polar surface area (TPSA) is 32.3 Å². The lowest BCUT2D eigenvalue weighted by Crippen LogP contribution is -2.57. The Hall–Kier alpha value is -1.42. The molecule has 0 spiro atoms. The monoisotopic (exact) mass is 248 g/mol. The first kappa shape index (κ1) is 11.7. The molecule has 0 aromatic heterocycles. The molecule has 3 rings (SSSR count). The molecule has 2 aliphatic heterocycles. The van der Waals surface area contributed by atoms with Gasteiger partial charge in [-0.25, -0.2) is 4.39 Å². The van der Waals surface area contributed by atoms with E-state index in [0.717, 1.165) is 31.5 Å². The number of rotatable bonds is 1. The Bertz CT molecular complexity index is 463. The van der Waals surface area contributed by atoms with E-state index in [0.29, 0.717) is 6.04 Å². The molecule has 0 saturated carbocycles. The summed E-state index contributed by atoms with van der Waals surface area (Å²) in [4.78, 5) is 14.4. The van der Waals surface area contributed by atoms with Gasteiger partial charge in [-0.05, 0) is 37.0 Å². The van der Waals surface area contributed by atoms with Gasteiger partial charge in [0, 0.05) is 19.1 Å². The highest BCUT2D eigenvalue weighted by atomic mass is 19.1. The molecular formula is C14H17FN2O. The zero-order chi connectivity index (χ0) is 12.5. The predicted molar refractivity (Wildman–Crippen MR) is 66.5 cm³/mol. The van der Waals surface area contributed by atoms with Crippen LogP contribution in [0.25, 0.3) is 0 Å². The summed E-state index contributed by atoms with van der Waals surface area (Å²) in [6.45, 7) is 1.66. The van der Waals surface area contributed by atoms with Gasteiger partial charge in [-0.15, -0.1) is 0 Å². The van der Waals surface area contributed by atoms with E-state index in [1.165, 1.54) is 18.6 Å². The van der Waals surface area contributed by atoms with Crippen LogP contribution in [0.1, 0.15) is 30.9 Å². The molecule has 2 atom stereocenters. The van der Waals surface area contributed by atoms with Crippen LogP contribution in [0.15, 0.2) is 24.3 Å². The minimum absolute atomic E-state index is 0.0940. The van der Waals surface area contributed by atoms with Crippen molar-refractivity contribution in [3.63, 3.8) is 0 Å². The number of nitrogens with one attached hydrogen (secondary N) is 1. The van der Waals surface area contributed by atoms with Crippen LogP contribution in [-0.4, -0.2) is 29.9 Å². The van der Waals surface area contributed by atoms with E-state index in [4.69, 9.17) is 0 Å². The maximum absolute atomic E-state index is 13.2. The van der Waals surface area contributed by atoms with Crippen molar-refractivity contribution in [3.8, 4) is 0 Å². The summed E-state index contributed by atoms with van der Waals surface area (Å²) in [5, 5.41) is 3.25. The fourth-order valence-electron chi connectivity index (χ4n) is 2.96. The van der Waals surface area contributed by atoms with Gasteiger partial charge in [0.1, 0.15) is 11.9 Å². The van der Waals surface area contributed by atoms with Crippen molar-refractivity contribution < 1.29 is 9.18 Å². The number of hydrogen-bond acceptors (Lipinski definition) is 2. The Labute approximate surface area is 106 Å². The summed E-state index contributed by atoms with van der Waals surface area (Å²) < 4.78 is 13.2.